The molecular formula is C24H27ClN4O2S. The molecule has 1 aliphatic heterocycles. The highest BCUT2D eigenvalue weighted by atomic mass is 35.5. The van der Waals surface area contributed by atoms with E-state index in [1.807, 2.05) is 36.1 Å². The lowest BCUT2D eigenvalue weighted by atomic mass is 9.95. The first kappa shape index (κ1) is 21.5. The van der Waals surface area contributed by atoms with Gasteiger partial charge in [-0.1, -0.05) is 36.9 Å². The Morgan fingerprint density at radius 2 is 1.88 bits per heavy atom. The summed E-state index contributed by atoms with van der Waals surface area (Å²) in [6, 6.07) is 8.04. The molecule has 0 radical (unpaired) electrons. The van der Waals surface area contributed by atoms with Crippen LogP contribution in [0.2, 0.25) is 5.02 Å². The van der Waals surface area contributed by atoms with Gasteiger partial charge in [-0.3, -0.25) is 14.2 Å². The first-order valence-corrected chi connectivity index (χ1v) is 12.5. The maximum absolute atomic E-state index is 13.4. The maximum Gasteiger partial charge on any atom is 0.271 e. The number of hydrogen-bond acceptors (Lipinski definition) is 5. The van der Waals surface area contributed by atoms with E-state index in [2.05, 4.69) is 9.88 Å². The molecule has 32 heavy (non-hydrogen) atoms. The molecule has 6 nitrogen and oxygen atoms in total. The van der Waals surface area contributed by atoms with Crippen LogP contribution >= 0.6 is 22.9 Å². The fourth-order valence-corrected chi connectivity index (χ4v) is 6.18. The second kappa shape index (κ2) is 8.87. The number of hydrogen-bond donors (Lipinski definition) is 0. The maximum atomic E-state index is 13.4. The lowest BCUT2D eigenvalue weighted by Gasteiger charge is -2.36. The molecule has 0 spiro atoms. The molecule has 2 aromatic heterocycles. The minimum absolute atomic E-state index is 0.000161. The van der Waals surface area contributed by atoms with Gasteiger partial charge in [0.15, 0.2) is 0 Å². The molecule has 3 heterocycles. The highest BCUT2D eigenvalue weighted by Gasteiger charge is 2.28. The molecule has 1 aromatic carbocycles. The number of halogens is 1. The van der Waals surface area contributed by atoms with Crippen molar-refractivity contribution in [2.24, 2.45) is 0 Å². The Kier molecular flexibility index (Phi) is 5.95. The van der Waals surface area contributed by atoms with E-state index < -0.39 is 0 Å². The summed E-state index contributed by atoms with van der Waals surface area (Å²) in [5, 5.41) is 0.714. The zero-order valence-corrected chi connectivity index (χ0v) is 19.8. The molecule has 1 saturated carbocycles. The number of nitrogens with zero attached hydrogens (tertiary/aromatic N) is 4. The van der Waals surface area contributed by atoms with Crippen LogP contribution in [0.5, 0.6) is 0 Å². The smallest absolute Gasteiger partial charge is 0.271 e. The van der Waals surface area contributed by atoms with E-state index in [0.717, 1.165) is 49.3 Å². The standard InChI is InChI=1S/C24H27ClN4O2S/c1-16-20(21-22(32-16)24(31)29(15-26-21)18-7-3-2-4-8-18)23(30)28-12-10-27(11-13-28)19-9-5-6-17(25)14-19/h5-6,9,14-15,18H,2-4,7-8,10-13H2,1H3. The Labute approximate surface area is 196 Å². The van der Waals surface area contributed by atoms with Crippen LogP contribution in [0.4, 0.5) is 5.69 Å². The van der Waals surface area contributed by atoms with Crippen molar-refractivity contribution in [2.75, 3.05) is 31.1 Å². The fraction of sp³-hybridized carbons (Fsp3) is 0.458. The Morgan fingerprint density at radius 1 is 1.12 bits per heavy atom. The lowest BCUT2D eigenvalue weighted by molar-refractivity contribution is 0.0748. The summed E-state index contributed by atoms with van der Waals surface area (Å²) < 4.78 is 2.41. The van der Waals surface area contributed by atoms with Crippen LogP contribution in [0.1, 0.15) is 53.4 Å². The highest BCUT2D eigenvalue weighted by molar-refractivity contribution is 7.19. The number of anilines is 1. The van der Waals surface area contributed by atoms with E-state index in [-0.39, 0.29) is 17.5 Å². The Balaban J connectivity index is 1.37. The molecule has 0 unspecified atom stereocenters. The van der Waals surface area contributed by atoms with Gasteiger partial charge >= 0.3 is 0 Å². The van der Waals surface area contributed by atoms with Crippen molar-refractivity contribution in [1.82, 2.24) is 14.5 Å². The zero-order chi connectivity index (χ0) is 22.2. The van der Waals surface area contributed by atoms with Crippen molar-refractivity contribution >= 4 is 44.7 Å². The fourth-order valence-electron chi connectivity index (χ4n) is 4.96. The predicted molar refractivity (Wildman–Crippen MR) is 130 cm³/mol. The number of thiophene rings is 1. The Hall–Kier alpha value is -2.38. The largest absolute Gasteiger partial charge is 0.368 e. The van der Waals surface area contributed by atoms with E-state index in [9.17, 15) is 9.59 Å². The van der Waals surface area contributed by atoms with Crippen LogP contribution in [-0.4, -0.2) is 46.5 Å². The second-order valence-electron chi connectivity index (χ2n) is 8.72. The minimum Gasteiger partial charge on any atom is -0.368 e. The third-order valence-corrected chi connectivity index (χ3v) is 8.04. The number of aromatic nitrogens is 2. The SMILES string of the molecule is Cc1sc2c(=O)n(C3CCCCC3)cnc2c1C(=O)N1CCN(c2cccc(Cl)c2)CC1. The molecule has 0 N–H and O–H groups in total. The summed E-state index contributed by atoms with van der Waals surface area (Å²) in [5.41, 5.74) is 2.23. The molecule has 168 valence electrons. The van der Waals surface area contributed by atoms with Crippen LogP contribution in [-0.2, 0) is 0 Å². The summed E-state index contributed by atoms with van der Waals surface area (Å²) in [6.45, 7) is 4.67. The van der Waals surface area contributed by atoms with E-state index in [4.69, 9.17) is 11.6 Å². The average Bonchev–Trinajstić information content (AvgIpc) is 3.16. The third-order valence-electron chi connectivity index (χ3n) is 6.72. The van der Waals surface area contributed by atoms with Crippen molar-refractivity contribution in [3.05, 3.63) is 56.4 Å². The van der Waals surface area contributed by atoms with Gasteiger partial charge in [0.2, 0.25) is 0 Å². The molecule has 5 rings (SSSR count). The first-order chi connectivity index (χ1) is 15.5. The normalized spacial score (nSPS) is 17.8. The van der Waals surface area contributed by atoms with Crippen LogP contribution < -0.4 is 10.5 Å². The second-order valence-corrected chi connectivity index (χ2v) is 10.4. The summed E-state index contributed by atoms with van der Waals surface area (Å²) >= 11 is 7.54. The summed E-state index contributed by atoms with van der Waals surface area (Å²) in [4.78, 5) is 36.3. The zero-order valence-electron chi connectivity index (χ0n) is 18.2. The predicted octanol–water partition coefficient (Wildman–Crippen LogP) is 4.89. The molecule has 1 amide bonds. The first-order valence-electron chi connectivity index (χ1n) is 11.3. The van der Waals surface area contributed by atoms with E-state index in [1.54, 1.807) is 10.9 Å². The molecule has 0 atom stereocenters. The minimum atomic E-state index is -0.0261. The van der Waals surface area contributed by atoms with Gasteiger partial charge in [-0.25, -0.2) is 4.98 Å². The van der Waals surface area contributed by atoms with Crippen LogP contribution in [0.15, 0.2) is 35.4 Å². The molecule has 3 aromatic rings. The molecule has 0 bridgehead atoms. The van der Waals surface area contributed by atoms with Crippen LogP contribution in [0, 0.1) is 6.92 Å². The number of benzene rings is 1. The number of fused-ring (bicyclic) bond motifs is 1. The third kappa shape index (κ3) is 3.92. The quantitative estimate of drug-likeness (QED) is 0.547. The van der Waals surface area contributed by atoms with Crippen molar-refractivity contribution in [3.8, 4) is 0 Å². The van der Waals surface area contributed by atoms with Crippen molar-refractivity contribution in [1.29, 1.82) is 0 Å². The van der Waals surface area contributed by atoms with Crippen LogP contribution in [0.25, 0.3) is 10.2 Å². The number of rotatable bonds is 3. The van der Waals surface area contributed by atoms with Crippen molar-refractivity contribution < 1.29 is 4.79 Å². The summed E-state index contributed by atoms with van der Waals surface area (Å²) in [7, 11) is 0. The van der Waals surface area contributed by atoms with Gasteiger partial charge in [-0.05, 0) is 38.0 Å². The van der Waals surface area contributed by atoms with E-state index in [1.165, 1.54) is 17.8 Å². The molecular weight excluding hydrogens is 444 g/mol. The molecule has 8 heteroatoms. The monoisotopic (exact) mass is 470 g/mol. The van der Waals surface area contributed by atoms with Crippen molar-refractivity contribution in [2.45, 2.75) is 45.1 Å². The summed E-state index contributed by atoms with van der Waals surface area (Å²) in [5.74, 6) is -0.0261. The number of amides is 1. The van der Waals surface area contributed by atoms with Gasteiger partial charge < -0.3 is 9.80 Å². The summed E-state index contributed by atoms with van der Waals surface area (Å²) in [6.07, 6.45) is 7.27. The van der Waals surface area contributed by atoms with Crippen LogP contribution in [0.3, 0.4) is 0 Å². The molecule has 1 saturated heterocycles. The molecule has 1 aliphatic carbocycles. The van der Waals surface area contributed by atoms with E-state index in [0.29, 0.717) is 33.9 Å². The van der Waals surface area contributed by atoms with Gasteiger partial charge in [0.05, 0.1) is 11.9 Å². The number of carbonyl (C=O) groups excluding carboxylic acids is 1. The van der Waals surface area contributed by atoms with Gasteiger partial charge in [0, 0.05) is 47.8 Å². The lowest BCUT2D eigenvalue weighted by Crippen LogP contribution is -2.48. The number of carbonyl (C=O) groups is 1. The number of aryl methyl sites for hydroxylation is 1. The topological polar surface area (TPSA) is 58.4 Å². The van der Waals surface area contributed by atoms with E-state index >= 15 is 0 Å². The average molecular weight is 471 g/mol. The molecule has 2 aliphatic rings. The van der Waals surface area contributed by atoms with Gasteiger partial charge in [0.1, 0.15) is 10.2 Å². The molecule has 2 fully saturated rings. The van der Waals surface area contributed by atoms with Gasteiger partial charge in [-0.2, -0.15) is 0 Å². The number of piperazine rings is 1. The highest BCUT2D eigenvalue weighted by Crippen LogP contribution is 2.31. The van der Waals surface area contributed by atoms with Crippen molar-refractivity contribution in [3.63, 3.8) is 0 Å². The Bertz CT molecular complexity index is 1210. The van der Waals surface area contributed by atoms with Gasteiger partial charge in [0.25, 0.3) is 11.5 Å². The Morgan fingerprint density at radius 3 is 2.59 bits per heavy atom. The van der Waals surface area contributed by atoms with Gasteiger partial charge in [-0.15, -0.1) is 11.3 Å².